The van der Waals surface area contributed by atoms with Crippen molar-refractivity contribution < 1.29 is 12.6 Å². The summed E-state index contributed by atoms with van der Waals surface area (Å²) in [7, 11) is -3.40. The lowest BCUT2D eigenvalue weighted by Crippen LogP contribution is -2.29. The first-order chi connectivity index (χ1) is 10.5. The number of thiophene rings is 1. The van der Waals surface area contributed by atoms with Crippen LogP contribution < -0.4 is 0 Å². The molecule has 3 rings (SSSR count). The molecule has 6 heteroatoms. The van der Waals surface area contributed by atoms with Gasteiger partial charge in [0.05, 0.1) is 12.9 Å². The molecule has 0 spiro atoms. The molecule has 0 fully saturated rings. The van der Waals surface area contributed by atoms with E-state index >= 15 is 0 Å². The van der Waals surface area contributed by atoms with Crippen LogP contribution in [0.4, 0.5) is 0 Å². The number of nitrogens with zero attached hydrogens (tertiary/aromatic N) is 1. The molecule has 0 saturated heterocycles. The maximum Gasteiger partial charge on any atom is 0.264 e. The molecule has 2 heterocycles. The molecule has 2 aromatic rings. The van der Waals surface area contributed by atoms with Crippen molar-refractivity contribution in [2.24, 2.45) is 0 Å². The average Bonchev–Trinajstić information content (AvgIpc) is 2.92. The number of rotatable bonds is 5. The van der Waals surface area contributed by atoms with E-state index in [-0.39, 0.29) is 6.61 Å². The van der Waals surface area contributed by atoms with Gasteiger partial charge in [-0.15, -0.1) is 11.3 Å². The van der Waals surface area contributed by atoms with Gasteiger partial charge >= 0.3 is 0 Å². The van der Waals surface area contributed by atoms with Crippen molar-refractivity contribution in [2.45, 2.75) is 26.1 Å². The zero-order valence-electron chi connectivity index (χ0n) is 12.5. The third-order valence-electron chi connectivity index (χ3n) is 3.72. The van der Waals surface area contributed by atoms with Gasteiger partial charge in [-0.05, 0) is 34.6 Å². The van der Waals surface area contributed by atoms with Crippen molar-refractivity contribution in [2.75, 3.05) is 12.8 Å². The summed E-state index contributed by atoms with van der Waals surface area (Å²) < 4.78 is 27.0. The standard InChI is InChI=1S/C16H19NO3S2/c1-22(18,19)20-12-14-4-2-3-13(9-14)10-17-7-5-16-15(11-17)6-8-21-16/h2-4,6,8-9H,5,7,10-12H2,1H3. The number of hydrogen-bond donors (Lipinski definition) is 0. The van der Waals surface area contributed by atoms with Crippen molar-refractivity contribution >= 4 is 21.5 Å². The monoisotopic (exact) mass is 337 g/mol. The first-order valence-corrected chi connectivity index (χ1v) is 9.89. The lowest BCUT2D eigenvalue weighted by Gasteiger charge is -2.26. The van der Waals surface area contributed by atoms with Gasteiger partial charge in [-0.2, -0.15) is 8.42 Å². The van der Waals surface area contributed by atoms with E-state index in [0.29, 0.717) is 0 Å². The summed E-state index contributed by atoms with van der Waals surface area (Å²) in [5, 5.41) is 2.16. The molecular formula is C16H19NO3S2. The fourth-order valence-corrected chi connectivity index (χ4v) is 3.93. The van der Waals surface area contributed by atoms with Gasteiger partial charge in [0.1, 0.15) is 0 Å². The Morgan fingerprint density at radius 3 is 2.91 bits per heavy atom. The second-order valence-corrected chi connectivity index (χ2v) is 8.26. The van der Waals surface area contributed by atoms with Crippen LogP contribution in [0.3, 0.4) is 0 Å². The molecule has 1 aliphatic heterocycles. The third-order valence-corrected chi connectivity index (χ3v) is 5.29. The SMILES string of the molecule is CS(=O)(=O)OCc1cccc(CN2CCc3sccc3C2)c1. The summed E-state index contributed by atoms with van der Waals surface area (Å²) in [6.07, 6.45) is 2.19. The van der Waals surface area contributed by atoms with Crippen LogP contribution in [0, 0.1) is 0 Å². The normalized spacial score (nSPS) is 15.7. The van der Waals surface area contributed by atoms with Gasteiger partial charge in [0.15, 0.2) is 0 Å². The average molecular weight is 337 g/mol. The van der Waals surface area contributed by atoms with Crippen molar-refractivity contribution in [1.82, 2.24) is 4.90 Å². The van der Waals surface area contributed by atoms with E-state index in [2.05, 4.69) is 22.4 Å². The van der Waals surface area contributed by atoms with Crippen LogP contribution >= 0.6 is 11.3 Å². The number of benzene rings is 1. The third kappa shape index (κ3) is 4.16. The second kappa shape index (κ2) is 6.50. The maximum atomic E-state index is 11.1. The molecule has 0 bridgehead atoms. The molecule has 0 unspecified atom stereocenters. The Morgan fingerprint density at radius 1 is 1.27 bits per heavy atom. The van der Waals surface area contributed by atoms with Crippen LogP contribution in [0.5, 0.6) is 0 Å². The molecule has 1 aromatic heterocycles. The first kappa shape index (κ1) is 15.7. The van der Waals surface area contributed by atoms with Crippen molar-refractivity contribution in [3.63, 3.8) is 0 Å². The Bertz CT molecular complexity index is 752. The predicted molar refractivity (Wildman–Crippen MR) is 88.2 cm³/mol. The molecule has 0 amide bonds. The number of hydrogen-bond acceptors (Lipinski definition) is 5. The molecule has 1 aliphatic rings. The summed E-state index contributed by atoms with van der Waals surface area (Å²) in [6.45, 7) is 3.03. The maximum absolute atomic E-state index is 11.1. The minimum atomic E-state index is -3.40. The summed E-state index contributed by atoms with van der Waals surface area (Å²) in [6, 6.07) is 10.2. The quantitative estimate of drug-likeness (QED) is 0.787. The van der Waals surface area contributed by atoms with E-state index in [1.54, 1.807) is 0 Å². The van der Waals surface area contributed by atoms with Gasteiger partial charge in [-0.1, -0.05) is 24.3 Å². The van der Waals surface area contributed by atoms with Crippen LogP contribution in [0.25, 0.3) is 0 Å². The van der Waals surface area contributed by atoms with Gasteiger partial charge < -0.3 is 0 Å². The lowest BCUT2D eigenvalue weighted by molar-refractivity contribution is 0.247. The summed E-state index contributed by atoms with van der Waals surface area (Å²) >= 11 is 1.84. The highest BCUT2D eigenvalue weighted by Gasteiger charge is 2.17. The highest BCUT2D eigenvalue weighted by molar-refractivity contribution is 7.85. The molecule has 0 atom stereocenters. The van der Waals surface area contributed by atoms with E-state index in [9.17, 15) is 8.42 Å². The van der Waals surface area contributed by atoms with E-state index in [1.807, 2.05) is 29.5 Å². The minimum Gasteiger partial charge on any atom is -0.294 e. The van der Waals surface area contributed by atoms with Gasteiger partial charge in [0.25, 0.3) is 10.1 Å². The van der Waals surface area contributed by atoms with Crippen molar-refractivity contribution in [3.8, 4) is 0 Å². The van der Waals surface area contributed by atoms with E-state index < -0.39 is 10.1 Å². The van der Waals surface area contributed by atoms with E-state index in [0.717, 1.165) is 37.9 Å². The van der Waals surface area contributed by atoms with Crippen LogP contribution in [0.15, 0.2) is 35.7 Å². The Labute approximate surface area is 135 Å². The van der Waals surface area contributed by atoms with Crippen molar-refractivity contribution in [3.05, 3.63) is 57.3 Å². The molecule has 0 aliphatic carbocycles. The Morgan fingerprint density at radius 2 is 2.09 bits per heavy atom. The molecule has 0 radical (unpaired) electrons. The van der Waals surface area contributed by atoms with Crippen LogP contribution in [0.1, 0.15) is 21.6 Å². The minimum absolute atomic E-state index is 0.0986. The highest BCUT2D eigenvalue weighted by atomic mass is 32.2. The van der Waals surface area contributed by atoms with E-state index in [4.69, 9.17) is 4.18 Å². The van der Waals surface area contributed by atoms with E-state index in [1.165, 1.54) is 16.0 Å². The molecule has 1 aromatic carbocycles. The fraction of sp³-hybridized carbons (Fsp3) is 0.375. The lowest BCUT2D eigenvalue weighted by atomic mass is 10.1. The topological polar surface area (TPSA) is 46.6 Å². The molecule has 0 N–H and O–H groups in total. The summed E-state index contributed by atoms with van der Waals surface area (Å²) in [5.41, 5.74) is 3.51. The summed E-state index contributed by atoms with van der Waals surface area (Å²) in [5.74, 6) is 0. The Hall–Kier alpha value is -1.21. The molecular weight excluding hydrogens is 318 g/mol. The predicted octanol–water partition coefficient (Wildman–Crippen LogP) is 2.78. The zero-order chi connectivity index (χ0) is 15.6. The molecule has 22 heavy (non-hydrogen) atoms. The fourth-order valence-electron chi connectivity index (χ4n) is 2.69. The van der Waals surface area contributed by atoms with Crippen LogP contribution in [-0.4, -0.2) is 26.1 Å². The molecule has 0 saturated carbocycles. The summed E-state index contributed by atoms with van der Waals surface area (Å²) in [4.78, 5) is 3.93. The van der Waals surface area contributed by atoms with Gasteiger partial charge in [-0.3, -0.25) is 9.08 Å². The Balaban J connectivity index is 1.63. The van der Waals surface area contributed by atoms with Crippen LogP contribution in [-0.2, 0) is 40.4 Å². The first-order valence-electron chi connectivity index (χ1n) is 7.19. The smallest absolute Gasteiger partial charge is 0.264 e. The molecule has 118 valence electrons. The number of fused-ring (bicyclic) bond motifs is 1. The molecule has 4 nitrogen and oxygen atoms in total. The highest BCUT2D eigenvalue weighted by Crippen LogP contribution is 2.25. The van der Waals surface area contributed by atoms with Crippen molar-refractivity contribution in [1.29, 1.82) is 0 Å². The largest absolute Gasteiger partial charge is 0.294 e. The second-order valence-electron chi connectivity index (χ2n) is 5.62. The zero-order valence-corrected chi connectivity index (χ0v) is 14.1. The Kier molecular flexibility index (Phi) is 4.63. The van der Waals surface area contributed by atoms with Crippen LogP contribution in [0.2, 0.25) is 0 Å². The van der Waals surface area contributed by atoms with Gasteiger partial charge in [0.2, 0.25) is 0 Å². The van der Waals surface area contributed by atoms with Gasteiger partial charge in [-0.25, -0.2) is 0 Å². The van der Waals surface area contributed by atoms with Gasteiger partial charge in [0, 0.05) is 24.5 Å².